The minimum atomic E-state index is -2.59. The number of aromatic nitrogens is 2. The van der Waals surface area contributed by atoms with Gasteiger partial charge >= 0.3 is 6.55 Å². The molecule has 1 aromatic heterocycles. The summed E-state index contributed by atoms with van der Waals surface area (Å²) < 4.78 is 26.6. The van der Waals surface area contributed by atoms with Crippen molar-refractivity contribution >= 4 is 11.6 Å². The zero-order valence-corrected chi connectivity index (χ0v) is 13.1. The first-order valence-corrected chi connectivity index (χ1v) is 7.72. The number of nitrogens with zero attached hydrogens (tertiary/aromatic N) is 4. The quantitative estimate of drug-likeness (QED) is 0.866. The number of carbonyl (C=O) groups excluding carboxylic acids is 1. The fourth-order valence-electron chi connectivity index (χ4n) is 2.82. The number of halogens is 2. The molecule has 0 spiro atoms. The Bertz CT molecular complexity index is 710. The van der Waals surface area contributed by atoms with E-state index < -0.39 is 6.55 Å². The Morgan fingerprint density at radius 3 is 2.58 bits per heavy atom. The third-order valence-electron chi connectivity index (χ3n) is 4.17. The van der Waals surface area contributed by atoms with Gasteiger partial charge in [-0.1, -0.05) is 12.1 Å². The molecule has 3 rings (SSSR count). The van der Waals surface area contributed by atoms with Crippen LogP contribution in [0.1, 0.15) is 22.7 Å². The van der Waals surface area contributed by atoms with Crippen molar-refractivity contribution in [2.45, 2.75) is 13.1 Å². The van der Waals surface area contributed by atoms with Gasteiger partial charge in [0.2, 0.25) is 0 Å². The second kappa shape index (κ2) is 6.96. The highest BCUT2D eigenvalue weighted by molar-refractivity contribution is 5.99. The van der Waals surface area contributed by atoms with Crippen LogP contribution in [0.5, 0.6) is 0 Å². The van der Waals surface area contributed by atoms with Crippen molar-refractivity contribution in [3.63, 3.8) is 0 Å². The molecular weight excluding hydrogens is 316 g/mol. The van der Waals surface area contributed by atoms with E-state index in [-0.39, 0.29) is 5.91 Å². The van der Waals surface area contributed by atoms with Gasteiger partial charge in [0, 0.05) is 44.3 Å². The van der Waals surface area contributed by atoms with Crippen molar-refractivity contribution in [1.29, 1.82) is 0 Å². The Morgan fingerprint density at radius 1 is 1.21 bits per heavy atom. The molecule has 1 amide bonds. The van der Waals surface area contributed by atoms with E-state index in [0.29, 0.717) is 49.8 Å². The molecule has 2 N–H and O–H groups in total. The largest absolute Gasteiger partial charge is 0.398 e. The van der Waals surface area contributed by atoms with Gasteiger partial charge in [0.25, 0.3) is 5.91 Å². The predicted molar refractivity (Wildman–Crippen MR) is 85.5 cm³/mol. The zero-order chi connectivity index (χ0) is 17.1. The minimum absolute atomic E-state index is 0.0955. The number of hydrogen-bond donors (Lipinski definition) is 1. The normalized spacial score (nSPS) is 15.9. The molecule has 2 heterocycles. The van der Waals surface area contributed by atoms with Crippen molar-refractivity contribution in [1.82, 2.24) is 19.4 Å². The number of para-hydroxylation sites is 1. The monoisotopic (exact) mass is 335 g/mol. The molecule has 8 heteroatoms. The standard InChI is InChI=1S/C16H19F2N5O/c17-16(18)23-6-5-20-14(23)11-21-7-9-22(10-8-21)15(24)12-3-1-2-4-13(12)19/h1-6,16H,7-11,19H2. The number of benzene rings is 1. The summed E-state index contributed by atoms with van der Waals surface area (Å²) in [6, 6.07) is 6.98. The Morgan fingerprint density at radius 2 is 1.92 bits per heavy atom. The molecule has 0 bridgehead atoms. The van der Waals surface area contributed by atoms with Crippen LogP contribution in [0.15, 0.2) is 36.7 Å². The first-order valence-electron chi connectivity index (χ1n) is 7.72. The topological polar surface area (TPSA) is 67.4 Å². The lowest BCUT2D eigenvalue weighted by Gasteiger charge is -2.34. The highest BCUT2D eigenvalue weighted by Gasteiger charge is 2.24. The molecule has 0 atom stereocenters. The SMILES string of the molecule is Nc1ccccc1C(=O)N1CCN(Cc2nccn2C(F)F)CC1. The molecule has 128 valence electrons. The molecule has 1 aromatic carbocycles. The number of alkyl halides is 2. The van der Waals surface area contributed by atoms with Gasteiger partial charge in [0.05, 0.1) is 12.1 Å². The second-order valence-corrected chi connectivity index (χ2v) is 5.68. The van der Waals surface area contributed by atoms with Crippen LogP contribution >= 0.6 is 0 Å². The number of amides is 1. The number of nitrogen functional groups attached to an aromatic ring is 1. The lowest BCUT2D eigenvalue weighted by atomic mass is 10.1. The molecule has 24 heavy (non-hydrogen) atoms. The van der Waals surface area contributed by atoms with Gasteiger partial charge < -0.3 is 10.6 Å². The fourth-order valence-corrected chi connectivity index (χ4v) is 2.82. The van der Waals surface area contributed by atoms with E-state index in [1.54, 1.807) is 29.2 Å². The fraction of sp³-hybridized carbons (Fsp3) is 0.375. The zero-order valence-electron chi connectivity index (χ0n) is 13.1. The van der Waals surface area contributed by atoms with Crippen molar-refractivity contribution < 1.29 is 13.6 Å². The van der Waals surface area contributed by atoms with Crippen LogP contribution in [0.25, 0.3) is 0 Å². The number of hydrogen-bond acceptors (Lipinski definition) is 4. The summed E-state index contributed by atoms with van der Waals surface area (Å²) in [5.74, 6) is 0.235. The molecule has 1 aliphatic rings. The number of rotatable bonds is 4. The Balaban J connectivity index is 1.59. The summed E-state index contributed by atoms with van der Waals surface area (Å²) in [5.41, 5.74) is 6.81. The van der Waals surface area contributed by atoms with Gasteiger partial charge in [-0.25, -0.2) is 4.98 Å². The summed E-state index contributed by atoms with van der Waals surface area (Å²) in [5, 5.41) is 0. The van der Waals surface area contributed by atoms with E-state index in [1.165, 1.54) is 12.4 Å². The van der Waals surface area contributed by atoms with Crippen LogP contribution in [0.3, 0.4) is 0 Å². The van der Waals surface area contributed by atoms with E-state index in [0.717, 1.165) is 4.57 Å². The summed E-state index contributed by atoms with van der Waals surface area (Å²) in [6.07, 6.45) is 2.65. The maximum Gasteiger partial charge on any atom is 0.319 e. The average molecular weight is 335 g/mol. The summed E-state index contributed by atoms with van der Waals surface area (Å²) in [4.78, 5) is 20.2. The van der Waals surface area contributed by atoms with Crippen LogP contribution < -0.4 is 5.73 Å². The maximum atomic E-state index is 12.8. The van der Waals surface area contributed by atoms with Gasteiger partial charge in [-0.05, 0) is 12.1 Å². The van der Waals surface area contributed by atoms with Crippen molar-refractivity contribution in [3.8, 4) is 0 Å². The minimum Gasteiger partial charge on any atom is -0.398 e. The first-order chi connectivity index (χ1) is 11.6. The third kappa shape index (κ3) is 3.38. The van der Waals surface area contributed by atoms with Crippen LogP contribution in [0, 0.1) is 0 Å². The summed E-state index contributed by atoms with van der Waals surface area (Å²) in [7, 11) is 0. The highest BCUT2D eigenvalue weighted by atomic mass is 19.3. The first kappa shape index (κ1) is 16.4. The average Bonchev–Trinajstić information content (AvgIpc) is 3.04. The van der Waals surface area contributed by atoms with E-state index in [2.05, 4.69) is 4.98 Å². The Kier molecular flexibility index (Phi) is 4.75. The molecular formula is C16H19F2N5O. The van der Waals surface area contributed by atoms with Gasteiger partial charge in [0.1, 0.15) is 5.82 Å². The van der Waals surface area contributed by atoms with E-state index in [1.807, 2.05) is 4.90 Å². The molecule has 0 aliphatic carbocycles. The van der Waals surface area contributed by atoms with Gasteiger partial charge in [-0.15, -0.1) is 0 Å². The van der Waals surface area contributed by atoms with Crippen molar-refractivity contribution in [2.75, 3.05) is 31.9 Å². The third-order valence-corrected chi connectivity index (χ3v) is 4.17. The second-order valence-electron chi connectivity index (χ2n) is 5.68. The lowest BCUT2D eigenvalue weighted by molar-refractivity contribution is 0.0556. The predicted octanol–water partition coefficient (Wildman–Crippen LogP) is 1.82. The molecule has 1 aliphatic heterocycles. The summed E-state index contributed by atoms with van der Waals surface area (Å²) in [6.45, 7) is 0.0209. The Labute approximate surface area is 138 Å². The van der Waals surface area contributed by atoms with Crippen LogP contribution in [0.4, 0.5) is 14.5 Å². The van der Waals surface area contributed by atoms with Gasteiger partial charge in [-0.2, -0.15) is 8.78 Å². The van der Waals surface area contributed by atoms with Gasteiger partial charge in [-0.3, -0.25) is 14.3 Å². The lowest BCUT2D eigenvalue weighted by Crippen LogP contribution is -2.48. The smallest absolute Gasteiger partial charge is 0.319 e. The molecule has 1 saturated heterocycles. The highest BCUT2D eigenvalue weighted by Crippen LogP contribution is 2.17. The number of anilines is 1. The number of piperazine rings is 1. The van der Waals surface area contributed by atoms with Crippen molar-refractivity contribution in [3.05, 3.63) is 48.0 Å². The molecule has 6 nitrogen and oxygen atoms in total. The molecule has 0 radical (unpaired) electrons. The molecule has 2 aromatic rings. The number of carbonyl (C=O) groups is 1. The number of imidazole rings is 1. The van der Waals surface area contributed by atoms with E-state index in [4.69, 9.17) is 5.73 Å². The maximum absolute atomic E-state index is 12.8. The van der Waals surface area contributed by atoms with Gasteiger partial charge in [0.15, 0.2) is 0 Å². The Hall–Kier alpha value is -2.48. The van der Waals surface area contributed by atoms with Crippen LogP contribution in [0.2, 0.25) is 0 Å². The van der Waals surface area contributed by atoms with Crippen molar-refractivity contribution in [2.24, 2.45) is 0 Å². The van der Waals surface area contributed by atoms with E-state index >= 15 is 0 Å². The van der Waals surface area contributed by atoms with Crippen LogP contribution in [-0.4, -0.2) is 51.4 Å². The van der Waals surface area contributed by atoms with Crippen LogP contribution in [-0.2, 0) is 6.54 Å². The molecule has 1 fully saturated rings. The molecule has 0 unspecified atom stereocenters. The molecule has 0 saturated carbocycles. The summed E-state index contributed by atoms with van der Waals surface area (Å²) >= 11 is 0. The van der Waals surface area contributed by atoms with E-state index in [9.17, 15) is 13.6 Å². The number of nitrogens with two attached hydrogens (primary N) is 1.